The second-order valence-corrected chi connectivity index (χ2v) is 3.71. The zero-order valence-electron chi connectivity index (χ0n) is 7.82. The molecule has 1 heterocycles. The number of halogens is 1. The van der Waals surface area contributed by atoms with E-state index in [-0.39, 0.29) is 5.70 Å². The van der Waals surface area contributed by atoms with Gasteiger partial charge in [-0.25, -0.2) is 4.79 Å². The highest BCUT2D eigenvalue weighted by Gasteiger charge is 2.47. The first-order valence-corrected chi connectivity index (χ1v) is 4.45. The number of β-lactam (4-membered cyclic amide) rings is 1. The Hall–Kier alpha value is -1.07. The number of hydrogen-bond acceptors (Lipinski definition) is 3. The Labute approximate surface area is 86.1 Å². The number of alkyl halides is 1. The van der Waals surface area contributed by atoms with Crippen LogP contribution < -0.4 is 5.73 Å². The standard InChI is InChI=1S/C8H11ClN2O3/c1-3(2)5(8(13)14)11-6(9)4(10)7(11)12/h4,6H,10H2,1-2H3,(H,13,14)/t4?,6-/m0/s1. The van der Waals surface area contributed by atoms with E-state index in [1.807, 2.05) is 0 Å². The molecule has 0 spiro atoms. The summed E-state index contributed by atoms with van der Waals surface area (Å²) in [5.41, 5.74) is 5.03. The average Bonchev–Trinajstić information content (AvgIpc) is 2.10. The largest absolute Gasteiger partial charge is 0.477 e. The van der Waals surface area contributed by atoms with Crippen LogP contribution in [0, 0.1) is 0 Å². The molecular weight excluding hydrogens is 208 g/mol. The van der Waals surface area contributed by atoms with Crippen molar-refractivity contribution in [2.24, 2.45) is 5.73 Å². The van der Waals surface area contributed by atoms with Gasteiger partial charge < -0.3 is 10.8 Å². The van der Waals surface area contributed by atoms with Gasteiger partial charge >= 0.3 is 5.97 Å². The lowest BCUT2D eigenvalue weighted by molar-refractivity contribution is -0.148. The van der Waals surface area contributed by atoms with Crippen molar-refractivity contribution in [1.29, 1.82) is 0 Å². The zero-order chi connectivity index (χ0) is 11.0. The first-order valence-electron chi connectivity index (χ1n) is 4.01. The molecule has 0 radical (unpaired) electrons. The van der Waals surface area contributed by atoms with E-state index in [4.69, 9.17) is 22.4 Å². The number of nitrogens with zero attached hydrogens (tertiary/aromatic N) is 1. The molecule has 14 heavy (non-hydrogen) atoms. The lowest BCUT2D eigenvalue weighted by Crippen LogP contribution is -2.66. The fourth-order valence-corrected chi connectivity index (χ4v) is 1.57. The topological polar surface area (TPSA) is 83.6 Å². The summed E-state index contributed by atoms with van der Waals surface area (Å²) in [6.45, 7) is 3.20. The monoisotopic (exact) mass is 218 g/mol. The molecule has 2 atom stereocenters. The summed E-state index contributed by atoms with van der Waals surface area (Å²) in [6, 6.07) is -0.801. The summed E-state index contributed by atoms with van der Waals surface area (Å²) in [6.07, 6.45) is 0. The molecule has 1 rings (SSSR count). The van der Waals surface area contributed by atoms with Gasteiger partial charge in [0, 0.05) is 0 Å². The van der Waals surface area contributed by atoms with E-state index in [1.165, 1.54) is 0 Å². The van der Waals surface area contributed by atoms with Crippen molar-refractivity contribution in [3.05, 3.63) is 11.3 Å². The number of rotatable bonds is 2. The van der Waals surface area contributed by atoms with Crippen molar-refractivity contribution in [1.82, 2.24) is 4.90 Å². The lowest BCUT2D eigenvalue weighted by Gasteiger charge is -2.41. The van der Waals surface area contributed by atoms with Crippen LogP contribution in [0.1, 0.15) is 13.8 Å². The van der Waals surface area contributed by atoms with Crippen molar-refractivity contribution < 1.29 is 14.7 Å². The predicted molar refractivity (Wildman–Crippen MR) is 50.5 cm³/mol. The highest BCUT2D eigenvalue weighted by Crippen LogP contribution is 2.28. The molecule has 0 aromatic carbocycles. The number of allylic oxidation sites excluding steroid dienone is 1. The van der Waals surface area contributed by atoms with Crippen LogP contribution in [-0.2, 0) is 9.59 Å². The van der Waals surface area contributed by atoms with Gasteiger partial charge in [0.1, 0.15) is 17.2 Å². The van der Waals surface area contributed by atoms with E-state index in [9.17, 15) is 9.59 Å². The van der Waals surface area contributed by atoms with Crippen LogP contribution in [0.25, 0.3) is 0 Å². The number of carbonyl (C=O) groups is 2. The summed E-state index contributed by atoms with van der Waals surface area (Å²) in [7, 11) is 0. The van der Waals surface area contributed by atoms with Crippen LogP contribution in [0.2, 0.25) is 0 Å². The van der Waals surface area contributed by atoms with Gasteiger partial charge in [-0.15, -0.1) is 0 Å². The minimum atomic E-state index is -1.17. The number of carboxylic acids is 1. The summed E-state index contributed by atoms with van der Waals surface area (Å²) in [4.78, 5) is 23.1. The maximum atomic E-state index is 11.2. The molecule has 1 aliphatic heterocycles. The SMILES string of the molecule is CC(C)=C(C(=O)O)N1C(=O)C(N)[C@H]1Cl. The third-order valence-electron chi connectivity index (χ3n) is 1.98. The molecule has 1 aliphatic rings. The number of carboxylic acid groups (broad SMARTS) is 1. The maximum absolute atomic E-state index is 11.2. The van der Waals surface area contributed by atoms with E-state index in [2.05, 4.69) is 0 Å². The number of likely N-dealkylation sites (tertiary alicyclic amines) is 1. The highest BCUT2D eigenvalue weighted by atomic mass is 35.5. The van der Waals surface area contributed by atoms with Crippen LogP contribution in [0.5, 0.6) is 0 Å². The number of carbonyl (C=O) groups excluding carboxylic acids is 1. The van der Waals surface area contributed by atoms with Crippen molar-refractivity contribution >= 4 is 23.5 Å². The van der Waals surface area contributed by atoms with E-state index in [0.717, 1.165) is 4.90 Å². The number of nitrogens with two attached hydrogens (primary N) is 1. The molecule has 0 aromatic heterocycles. The summed E-state index contributed by atoms with van der Waals surface area (Å²) >= 11 is 5.73. The molecule has 6 heteroatoms. The smallest absolute Gasteiger partial charge is 0.352 e. The van der Waals surface area contributed by atoms with E-state index < -0.39 is 23.4 Å². The minimum Gasteiger partial charge on any atom is -0.477 e. The van der Waals surface area contributed by atoms with Gasteiger partial charge in [0.2, 0.25) is 5.91 Å². The second kappa shape index (κ2) is 3.59. The van der Waals surface area contributed by atoms with E-state index in [1.54, 1.807) is 13.8 Å². The van der Waals surface area contributed by atoms with Gasteiger partial charge in [-0.3, -0.25) is 9.69 Å². The van der Waals surface area contributed by atoms with Crippen LogP contribution in [-0.4, -0.2) is 33.4 Å². The van der Waals surface area contributed by atoms with Gasteiger partial charge in [-0.1, -0.05) is 11.6 Å². The molecule has 0 bridgehead atoms. The van der Waals surface area contributed by atoms with Crippen molar-refractivity contribution in [3.8, 4) is 0 Å². The Balaban J connectivity index is 3.00. The third kappa shape index (κ3) is 1.49. The van der Waals surface area contributed by atoms with Crippen LogP contribution in [0.15, 0.2) is 11.3 Å². The Morgan fingerprint density at radius 2 is 2.07 bits per heavy atom. The van der Waals surface area contributed by atoms with Crippen LogP contribution in [0.3, 0.4) is 0 Å². The fraction of sp³-hybridized carbons (Fsp3) is 0.500. The Bertz CT molecular complexity index is 323. The van der Waals surface area contributed by atoms with Gasteiger partial charge in [0.25, 0.3) is 0 Å². The van der Waals surface area contributed by atoms with Gasteiger partial charge in [0.05, 0.1) is 0 Å². The van der Waals surface area contributed by atoms with E-state index >= 15 is 0 Å². The Kier molecular flexibility index (Phi) is 2.82. The van der Waals surface area contributed by atoms with Crippen molar-refractivity contribution in [2.75, 3.05) is 0 Å². The minimum absolute atomic E-state index is 0.0864. The number of hydrogen-bond donors (Lipinski definition) is 2. The maximum Gasteiger partial charge on any atom is 0.352 e. The quantitative estimate of drug-likeness (QED) is 0.298. The van der Waals surface area contributed by atoms with Crippen molar-refractivity contribution in [2.45, 2.75) is 25.4 Å². The van der Waals surface area contributed by atoms with Gasteiger partial charge in [0.15, 0.2) is 0 Å². The summed E-state index contributed by atoms with van der Waals surface area (Å²) in [5, 5.41) is 8.85. The van der Waals surface area contributed by atoms with Crippen LogP contribution in [0.4, 0.5) is 0 Å². The Morgan fingerprint density at radius 3 is 2.36 bits per heavy atom. The molecule has 78 valence electrons. The molecule has 0 aromatic rings. The normalized spacial score (nSPS) is 25.7. The molecule has 1 fully saturated rings. The highest BCUT2D eigenvalue weighted by molar-refractivity contribution is 6.27. The molecule has 0 saturated carbocycles. The first kappa shape index (κ1) is 11.0. The molecule has 0 aliphatic carbocycles. The lowest BCUT2D eigenvalue weighted by atomic mass is 10.1. The van der Waals surface area contributed by atoms with Gasteiger partial charge in [-0.2, -0.15) is 0 Å². The Morgan fingerprint density at radius 1 is 1.57 bits per heavy atom. The van der Waals surface area contributed by atoms with E-state index in [0.29, 0.717) is 5.57 Å². The van der Waals surface area contributed by atoms with Gasteiger partial charge in [-0.05, 0) is 19.4 Å². The molecule has 1 amide bonds. The first-order chi connectivity index (χ1) is 6.37. The molecule has 5 nitrogen and oxygen atoms in total. The third-order valence-corrected chi connectivity index (χ3v) is 2.45. The molecular formula is C8H11ClN2O3. The molecule has 1 unspecified atom stereocenters. The second-order valence-electron chi connectivity index (χ2n) is 3.26. The number of amides is 1. The fourth-order valence-electron chi connectivity index (χ4n) is 1.27. The summed E-state index contributed by atoms with van der Waals surface area (Å²) < 4.78 is 0. The summed E-state index contributed by atoms with van der Waals surface area (Å²) in [5.74, 6) is -1.63. The van der Waals surface area contributed by atoms with Crippen LogP contribution >= 0.6 is 11.6 Å². The molecule has 3 N–H and O–H groups in total. The van der Waals surface area contributed by atoms with Crippen molar-refractivity contribution in [3.63, 3.8) is 0 Å². The average molecular weight is 219 g/mol. The number of aliphatic carboxylic acids is 1. The zero-order valence-corrected chi connectivity index (χ0v) is 8.58. The predicted octanol–water partition coefficient (Wildman–Crippen LogP) is 0.0993. The molecule has 1 saturated heterocycles.